The highest BCUT2D eigenvalue weighted by molar-refractivity contribution is 14.1. The first kappa shape index (κ1) is 38.7. The summed E-state index contributed by atoms with van der Waals surface area (Å²) in [6.07, 6.45) is -7.88. The average molecular weight is 760 g/mol. The molecule has 0 heterocycles. The Labute approximate surface area is 227 Å². The Morgan fingerprint density at radius 3 is 1.12 bits per heavy atom. The molecule has 0 saturated carbocycles. The Balaban J connectivity index is 0.00000114. The highest BCUT2D eigenvalue weighted by atomic mass is 127. The Bertz CT molecular complexity index is 1150. The fraction of sp³-hybridized carbons (Fsp3) is 0.667. The third-order valence-electron chi connectivity index (χ3n) is 4.70. The van der Waals surface area contributed by atoms with Crippen LogP contribution in [0.25, 0.3) is 0 Å². The van der Waals surface area contributed by atoms with Crippen LogP contribution < -0.4 is 0 Å². The summed E-state index contributed by atoms with van der Waals surface area (Å²) in [6, 6.07) is 8.53. The van der Waals surface area contributed by atoms with Gasteiger partial charge in [0, 0.05) is 3.57 Å². The van der Waals surface area contributed by atoms with Gasteiger partial charge >= 0.3 is 57.1 Å². The zero-order valence-electron chi connectivity index (χ0n) is 19.3. The van der Waals surface area contributed by atoms with Crippen LogP contribution >= 0.6 is 22.6 Å². The summed E-state index contributed by atoms with van der Waals surface area (Å²) < 4.78 is 244. The van der Waals surface area contributed by atoms with Crippen molar-refractivity contribution in [3.05, 3.63) is 33.4 Å². The Hall–Kier alpha value is -1.33. The van der Waals surface area contributed by atoms with Crippen LogP contribution in [0.1, 0.15) is 26.3 Å². The molecule has 236 valence electrons. The van der Waals surface area contributed by atoms with Gasteiger partial charge in [0.2, 0.25) is 0 Å². The summed E-state index contributed by atoms with van der Waals surface area (Å²) in [5, 5.41) is -7.84. The smallest absolute Gasteiger partial charge is 0.281 e. The van der Waals surface area contributed by atoms with Gasteiger partial charge in [0.05, 0.1) is 0 Å². The highest BCUT2D eigenvalue weighted by Gasteiger charge is 2.96. The maximum absolute atomic E-state index is 13.0. The standard InChI is InChI=1S/C10H13I.C8HF17O3S/c1-10(2,3)8-6-4-5-7-9(8)11;9-1(10,3(13,14)5(17,18)7(21,22)23)2(11,12)4(15,16)6(19,20)8(24,25)29(26,27)28/h4-7H,1-3H3;(H,26,27,28). The molecule has 0 amide bonds. The summed E-state index contributed by atoms with van der Waals surface area (Å²) in [6.45, 7) is 6.72. The Kier molecular flexibility index (Phi) is 10.4. The van der Waals surface area contributed by atoms with E-state index in [1.165, 1.54) is 9.13 Å². The summed E-state index contributed by atoms with van der Waals surface area (Å²) >= 11 is 2.39. The third-order valence-corrected chi connectivity index (χ3v) is 6.54. The first-order valence-electron chi connectivity index (χ1n) is 9.45. The van der Waals surface area contributed by atoms with Crippen molar-refractivity contribution in [2.75, 3.05) is 0 Å². The van der Waals surface area contributed by atoms with Crippen LogP contribution in [0.5, 0.6) is 0 Å². The molecule has 0 spiro atoms. The van der Waals surface area contributed by atoms with Crippen LogP contribution in [0.15, 0.2) is 24.3 Å². The molecular weight excluding hydrogens is 746 g/mol. The van der Waals surface area contributed by atoms with E-state index < -0.39 is 57.1 Å². The van der Waals surface area contributed by atoms with Crippen LogP contribution in [0.4, 0.5) is 74.6 Å². The van der Waals surface area contributed by atoms with E-state index in [1.807, 2.05) is 0 Å². The van der Waals surface area contributed by atoms with Crippen LogP contribution in [0.2, 0.25) is 0 Å². The third kappa shape index (κ3) is 6.07. The van der Waals surface area contributed by atoms with Crippen molar-refractivity contribution in [3.63, 3.8) is 0 Å². The van der Waals surface area contributed by atoms with Gasteiger partial charge in [-0.3, -0.25) is 4.55 Å². The number of hydrogen-bond donors (Lipinski definition) is 1. The first-order valence-corrected chi connectivity index (χ1v) is 12.0. The fourth-order valence-corrected chi connectivity index (χ4v) is 4.03. The minimum Gasteiger partial charge on any atom is -0.281 e. The quantitative estimate of drug-likeness (QED) is 0.173. The van der Waals surface area contributed by atoms with E-state index in [0.717, 1.165) is 0 Å². The van der Waals surface area contributed by atoms with E-state index in [2.05, 4.69) is 67.6 Å². The Morgan fingerprint density at radius 1 is 0.575 bits per heavy atom. The Morgan fingerprint density at radius 2 is 0.875 bits per heavy atom. The molecule has 1 aromatic rings. The maximum atomic E-state index is 13.0. The molecule has 3 nitrogen and oxygen atoms in total. The summed E-state index contributed by atoms with van der Waals surface area (Å²) in [5.74, 6) is -52.0. The zero-order valence-corrected chi connectivity index (χ0v) is 22.3. The van der Waals surface area contributed by atoms with Crippen molar-refractivity contribution < 1.29 is 87.6 Å². The second-order valence-electron chi connectivity index (χ2n) is 8.67. The predicted octanol–water partition coefficient (Wildman–Crippen LogP) is 8.43. The van der Waals surface area contributed by atoms with Gasteiger partial charge < -0.3 is 0 Å². The van der Waals surface area contributed by atoms with Gasteiger partial charge in [0.15, 0.2) is 0 Å². The van der Waals surface area contributed by atoms with E-state index in [9.17, 15) is 83.1 Å². The molecule has 1 aromatic carbocycles. The molecule has 0 aliphatic heterocycles. The monoisotopic (exact) mass is 760 g/mol. The van der Waals surface area contributed by atoms with Gasteiger partial charge in [-0.2, -0.15) is 83.1 Å². The topological polar surface area (TPSA) is 54.4 Å². The van der Waals surface area contributed by atoms with Gasteiger partial charge in [-0.25, -0.2) is 0 Å². The van der Waals surface area contributed by atoms with Gasteiger partial charge in [-0.15, -0.1) is 0 Å². The molecule has 0 unspecified atom stereocenters. The highest BCUT2D eigenvalue weighted by Crippen LogP contribution is 2.64. The molecule has 0 fully saturated rings. The largest absolute Gasteiger partial charge is 0.460 e. The molecular formula is C18H14F17IO3S. The van der Waals surface area contributed by atoms with Crippen molar-refractivity contribution >= 4 is 32.7 Å². The first-order chi connectivity index (χ1) is 17.0. The molecule has 0 saturated heterocycles. The molecule has 0 aliphatic carbocycles. The van der Waals surface area contributed by atoms with Crippen molar-refractivity contribution in [3.8, 4) is 0 Å². The van der Waals surface area contributed by atoms with Crippen molar-refractivity contribution in [2.24, 2.45) is 0 Å². The summed E-state index contributed by atoms with van der Waals surface area (Å²) in [5.41, 5.74) is 1.71. The fourth-order valence-electron chi connectivity index (χ4n) is 2.38. The molecule has 1 N–H and O–H groups in total. The molecule has 40 heavy (non-hydrogen) atoms. The SMILES string of the molecule is CC(C)(C)c1ccccc1I.O=S(=O)(O)C(F)(F)C(F)(F)C(F)(F)C(F)(F)C(F)(F)C(F)(F)C(F)(F)C(F)(F)F. The van der Waals surface area contributed by atoms with Crippen molar-refractivity contribution in [1.82, 2.24) is 0 Å². The lowest BCUT2D eigenvalue weighted by molar-refractivity contribution is -0.458. The minimum absolute atomic E-state index is 0.276. The van der Waals surface area contributed by atoms with Gasteiger partial charge in [-0.1, -0.05) is 39.0 Å². The van der Waals surface area contributed by atoms with Crippen LogP contribution in [0, 0.1) is 3.57 Å². The lowest BCUT2D eigenvalue weighted by atomic mass is 9.87. The zero-order chi connectivity index (χ0) is 33.0. The number of hydrogen-bond acceptors (Lipinski definition) is 2. The molecule has 0 atom stereocenters. The molecule has 0 aliphatic rings. The average Bonchev–Trinajstić information content (AvgIpc) is 2.71. The summed E-state index contributed by atoms with van der Waals surface area (Å²) in [7, 11) is -7.89. The minimum atomic E-state index is -8.89. The van der Waals surface area contributed by atoms with Gasteiger partial charge in [-0.05, 0) is 39.6 Å². The molecule has 0 radical (unpaired) electrons. The predicted molar refractivity (Wildman–Crippen MR) is 110 cm³/mol. The van der Waals surface area contributed by atoms with E-state index in [-0.39, 0.29) is 5.41 Å². The van der Waals surface area contributed by atoms with E-state index in [4.69, 9.17) is 4.55 Å². The number of alkyl halides is 17. The molecule has 0 bridgehead atoms. The van der Waals surface area contributed by atoms with E-state index in [1.54, 1.807) is 0 Å². The van der Waals surface area contributed by atoms with Crippen molar-refractivity contribution in [2.45, 2.75) is 73.2 Å². The van der Waals surface area contributed by atoms with Crippen LogP contribution in [-0.2, 0) is 15.5 Å². The lowest BCUT2D eigenvalue weighted by Crippen LogP contribution is -2.74. The second kappa shape index (κ2) is 10.7. The van der Waals surface area contributed by atoms with Crippen LogP contribution in [0.3, 0.4) is 0 Å². The summed E-state index contributed by atoms with van der Waals surface area (Å²) in [4.78, 5) is 0. The lowest BCUT2D eigenvalue weighted by Gasteiger charge is -2.42. The van der Waals surface area contributed by atoms with Crippen molar-refractivity contribution in [1.29, 1.82) is 0 Å². The van der Waals surface area contributed by atoms with E-state index >= 15 is 0 Å². The molecule has 1 rings (SSSR count). The molecule has 0 aromatic heterocycles. The van der Waals surface area contributed by atoms with Gasteiger partial charge in [0.1, 0.15) is 0 Å². The second-order valence-corrected chi connectivity index (χ2v) is 11.3. The number of rotatable bonds is 7. The normalized spacial score (nSPS) is 15.4. The molecule has 22 heteroatoms. The van der Waals surface area contributed by atoms with E-state index in [0.29, 0.717) is 0 Å². The number of halogens is 18. The number of benzene rings is 1. The van der Waals surface area contributed by atoms with Gasteiger partial charge in [0.25, 0.3) is 0 Å². The van der Waals surface area contributed by atoms with Crippen LogP contribution in [-0.4, -0.2) is 59.9 Å². The maximum Gasteiger partial charge on any atom is 0.460 e.